The van der Waals surface area contributed by atoms with Crippen LogP contribution in [0.1, 0.15) is 5.56 Å². The largest absolute Gasteiger partial charge is 0.497 e. The van der Waals surface area contributed by atoms with Crippen molar-refractivity contribution in [2.24, 2.45) is 0 Å². The first-order valence-electron chi connectivity index (χ1n) is 10.9. The fourth-order valence-corrected chi connectivity index (χ4v) is 4.64. The lowest BCUT2D eigenvalue weighted by atomic mass is 10.0. The molecule has 6 rings (SSSR count). The number of fused-ring (bicyclic) bond motifs is 5. The number of aryl methyl sites for hydroxylation is 1. The van der Waals surface area contributed by atoms with Gasteiger partial charge in [0.15, 0.2) is 0 Å². The Morgan fingerprint density at radius 2 is 1.31 bits per heavy atom. The van der Waals surface area contributed by atoms with E-state index in [1.807, 2.05) is 12.1 Å². The lowest BCUT2D eigenvalue weighted by Gasteiger charge is -2.12. The molecule has 2 nitrogen and oxygen atoms in total. The van der Waals surface area contributed by atoms with Crippen LogP contribution in [0.15, 0.2) is 103 Å². The summed E-state index contributed by atoms with van der Waals surface area (Å²) in [6.45, 7) is 2.13. The first-order valence-corrected chi connectivity index (χ1v) is 10.9. The number of benzene rings is 4. The van der Waals surface area contributed by atoms with E-state index in [2.05, 4.69) is 102 Å². The van der Waals surface area contributed by atoms with Crippen molar-refractivity contribution in [1.82, 2.24) is 4.40 Å². The molecule has 32 heavy (non-hydrogen) atoms. The van der Waals surface area contributed by atoms with E-state index in [1.165, 1.54) is 55.1 Å². The second-order valence-electron chi connectivity index (χ2n) is 8.35. The fourth-order valence-electron chi connectivity index (χ4n) is 4.64. The van der Waals surface area contributed by atoms with Gasteiger partial charge in [-0.1, -0.05) is 72.3 Å². The Morgan fingerprint density at radius 1 is 0.594 bits per heavy atom. The SMILES string of the molecule is COc1ccc(-c2ccc3c(c2)cc2c4ccccc4cc(-c4ccc(C)cc4)n32)cc1. The highest BCUT2D eigenvalue weighted by Crippen LogP contribution is 2.35. The topological polar surface area (TPSA) is 13.6 Å². The van der Waals surface area contributed by atoms with Gasteiger partial charge in [0.1, 0.15) is 5.75 Å². The summed E-state index contributed by atoms with van der Waals surface area (Å²) in [7, 11) is 1.70. The summed E-state index contributed by atoms with van der Waals surface area (Å²) in [6, 6.07) is 37.1. The Kier molecular flexibility index (Phi) is 4.26. The van der Waals surface area contributed by atoms with Crippen LogP contribution in [0.2, 0.25) is 0 Å². The molecule has 0 bridgehead atoms. The van der Waals surface area contributed by atoms with Gasteiger partial charge in [0, 0.05) is 10.8 Å². The average Bonchev–Trinajstić information content (AvgIpc) is 3.23. The molecule has 0 saturated carbocycles. The molecule has 2 heterocycles. The van der Waals surface area contributed by atoms with Gasteiger partial charge in [-0.3, -0.25) is 0 Å². The van der Waals surface area contributed by atoms with Crippen LogP contribution in [-0.4, -0.2) is 11.5 Å². The third kappa shape index (κ3) is 2.96. The van der Waals surface area contributed by atoms with E-state index in [0.717, 1.165) is 5.75 Å². The van der Waals surface area contributed by atoms with Crippen molar-refractivity contribution in [2.75, 3.05) is 7.11 Å². The molecule has 2 heteroatoms. The molecule has 2 aromatic heterocycles. The maximum atomic E-state index is 5.32. The number of pyridine rings is 1. The molecule has 0 unspecified atom stereocenters. The minimum Gasteiger partial charge on any atom is -0.497 e. The van der Waals surface area contributed by atoms with Crippen molar-refractivity contribution >= 4 is 27.2 Å². The lowest BCUT2D eigenvalue weighted by molar-refractivity contribution is 0.415. The molecule has 6 aromatic rings. The van der Waals surface area contributed by atoms with E-state index < -0.39 is 0 Å². The van der Waals surface area contributed by atoms with Gasteiger partial charge in [-0.2, -0.15) is 0 Å². The average molecular weight is 414 g/mol. The smallest absolute Gasteiger partial charge is 0.118 e. The molecule has 0 atom stereocenters. The van der Waals surface area contributed by atoms with Crippen LogP contribution in [-0.2, 0) is 0 Å². The van der Waals surface area contributed by atoms with Crippen molar-refractivity contribution in [3.8, 4) is 28.1 Å². The Hall–Kier alpha value is -4.04. The van der Waals surface area contributed by atoms with Crippen LogP contribution in [0.5, 0.6) is 5.75 Å². The number of ether oxygens (including phenoxy) is 1. The molecule has 0 amide bonds. The second kappa shape index (κ2) is 7.28. The molecular formula is C30H23NO. The molecule has 0 aliphatic rings. The molecule has 0 aliphatic heterocycles. The summed E-state index contributed by atoms with van der Waals surface area (Å²) in [5.41, 5.74) is 8.56. The number of hydrogen-bond donors (Lipinski definition) is 0. The zero-order valence-electron chi connectivity index (χ0n) is 18.2. The molecule has 0 fully saturated rings. The molecule has 4 aromatic carbocycles. The number of rotatable bonds is 3. The van der Waals surface area contributed by atoms with Gasteiger partial charge in [-0.25, -0.2) is 0 Å². The van der Waals surface area contributed by atoms with Crippen LogP contribution in [0, 0.1) is 6.92 Å². The molecule has 0 N–H and O–H groups in total. The van der Waals surface area contributed by atoms with Gasteiger partial charge in [0.2, 0.25) is 0 Å². The summed E-state index contributed by atoms with van der Waals surface area (Å²) in [6.07, 6.45) is 0. The van der Waals surface area contributed by atoms with Crippen LogP contribution in [0.4, 0.5) is 0 Å². The van der Waals surface area contributed by atoms with Crippen molar-refractivity contribution in [3.05, 3.63) is 109 Å². The first-order chi connectivity index (χ1) is 15.7. The van der Waals surface area contributed by atoms with Gasteiger partial charge in [0.05, 0.1) is 23.8 Å². The van der Waals surface area contributed by atoms with Crippen LogP contribution >= 0.6 is 0 Å². The predicted octanol–water partition coefficient (Wildman–Crippen LogP) is 7.90. The highest BCUT2D eigenvalue weighted by Gasteiger charge is 2.13. The maximum absolute atomic E-state index is 5.32. The Morgan fingerprint density at radius 3 is 2.09 bits per heavy atom. The highest BCUT2D eigenvalue weighted by atomic mass is 16.5. The zero-order valence-corrected chi connectivity index (χ0v) is 18.2. The van der Waals surface area contributed by atoms with Gasteiger partial charge in [-0.05, 0) is 65.4 Å². The third-order valence-electron chi connectivity index (χ3n) is 6.34. The van der Waals surface area contributed by atoms with Gasteiger partial charge in [0.25, 0.3) is 0 Å². The van der Waals surface area contributed by atoms with E-state index in [4.69, 9.17) is 4.74 Å². The van der Waals surface area contributed by atoms with Crippen molar-refractivity contribution in [1.29, 1.82) is 0 Å². The van der Waals surface area contributed by atoms with Crippen LogP contribution in [0.3, 0.4) is 0 Å². The summed E-state index contributed by atoms with van der Waals surface area (Å²) in [5, 5.41) is 3.77. The number of methoxy groups -OCH3 is 1. The molecular weight excluding hydrogens is 390 g/mol. The van der Waals surface area contributed by atoms with E-state index >= 15 is 0 Å². The number of aromatic nitrogens is 1. The van der Waals surface area contributed by atoms with E-state index in [-0.39, 0.29) is 0 Å². The standard InChI is InChI=1S/C30H23NO/c1-20-7-9-22(10-8-20)29-18-24-5-3-4-6-27(24)30-19-25-17-23(13-16-28(25)31(29)30)21-11-14-26(32-2)15-12-21/h3-19H,1-2H3. The fraction of sp³-hybridized carbons (Fsp3) is 0.0667. The number of nitrogens with zero attached hydrogens (tertiary/aromatic N) is 1. The van der Waals surface area contributed by atoms with Gasteiger partial charge < -0.3 is 9.14 Å². The van der Waals surface area contributed by atoms with Crippen LogP contribution in [0.25, 0.3) is 49.6 Å². The quantitative estimate of drug-likeness (QED) is 0.287. The summed E-state index contributed by atoms with van der Waals surface area (Å²) >= 11 is 0. The second-order valence-corrected chi connectivity index (χ2v) is 8.35. The van der Waals surface area contributed by atoms with Gasteiger partial charge in [-0.15, -0.1) is 0 Å². The molecule has 154 valence electrons. The monoisotopic (exact) mass is 413 g/mol. The van der Waals surface area contributed by atoms with Crippen molar-refractivity contribution < 1.29 is 4.74 Å². The summed E-state index contributed by atoms with van der Waals surface area (Å²) < 4.78 is 7.72. The van der Waals surface area contributed by atoms with Crippen LogP contribution < -0.4 is 4.74 Å². The lowest BCUT2D eigenvalue weighted by Crippen LogP contribution is -1.93. The summed E-state index contributed by atoms with van der Waals surface area (Å²) in [5.74, 6) is 0.874. The molecule has 0 spiro atoms. The van der Waals surface area contributed by atoms with E-state index in [0.29, 0.717) is 0 Å². The predicted molar refractivity (Wildman–Crippen MR) is 135 cm³/mol. The third-order valence-corrected chi connectivity index (χ3v) is 6.34. The summed E-state index contributed by atoms with van der Waals surface area (Å²) in [4.78, 5) is 0. The maximum Gasteiger partial charge on any atom is 0.118 e. The Balaban J connectivity index is 1.64. The van der Waals surface area contributed by atoms with Gasteiger partial charge >= 0.3 is 0 Å². The molecule has 0 saturated heterocycles. The van der Waals surface area contributed by atoms with E-state index in [1.54, 1.807) is 7.11 Å². The highest BCUT2D eigenvalue weighted by molar-refractivity contribution is 6.05. The molecule has 0 radical (unpaired) electrons. The normalized spacial score (nSPS) is 11.4. The zero-order chi connectivity index (χ0) is 21.7. The minimum atomic E-state index is 0.874. The first kappa shape index (κ1) is 18.7. The van der Waals surface area contributed by atoms with E-state index in [9.17, 15) is 0 Å². The number of hydrogen-bond acceptors (Lipinski definition) is 1. The molecule has 0 aliphatic carbocycles. The van der Waals surface area contributed by atoms with Crippen molar-refractivity contribution in [2.45, 2.75) is 6.92 Å². The minimum absolute atomic E-state index is 0.874. The Bertz CT molecular complexity index is 1590. The Labute approximate surface area is 187 Å². The van der Waals surface area contributed by atoms with Crippen molar-refractivity contribution in [3.63, 3.8) is 0 Å².